The summed E-state index contributed by atoms with van der Waals surface area (Å²) in [4.78, 5) is 0. The molecule has 2 heteroatoms. The van der Waals surface area contributed by atoms with Gasteiger partial charge in [0.2, 0.25) is 0 Å². The lowest BCUT2D eigenvalue weighted by Gasteiger charge is -2.22. The molecule has 4 unspecified atom stereocenters. The summed E-state index contributed by atoms with van der Waals surface area (Å²) in [5, 5.41) is 0. The Kier molecular flexibility index (Phi) is 2.69. The number of epoxide rings is 2. The van der Waals surface area contributed by atoms with Crippen LogP contribution in [0, 0.1) is 11.8 Å². The Bertz CT molecular complexity index is 239. The van der Waals surface area contributed by atoms with Crippen molar-refractivity contribution in [3.63, 3.8) is 0 Å². The molecule has 2 saturated carbocycles. The standard InChI is InChI=1S/C15H24O2/c1-5-12-13(16-12)6-2-10(1)9-11-3-7-14-15(17-14)8-4-11/h10-15H,1-9H2. The van der Waals surface area contributed by atoms with Crippen LogP contribution in [-0.4, -0.2) is 24.4 Å². The highest BCUT2D eigenvalue weighted by Gasteiger charge is 2.43. The van der Waals surface area contributed by atoms with E-state index in [-0.39, 0.29) is 0 Å². The lowest BCUT2D eigenvalue weighted by molar-refractivity contribution is 0.242. The molecule has 0 aromatic rings. The first kappa shape index (κ1) is 10.8. The zero-order valence-corrected chi connectivity index (χ0v) is 10.6. The van der Waals surface area contributed by atoms with Crippen LogP contribution in [0.25, 0.3) is 0 Å². The van der Waals surface area contributed by atoms with E-state index < -0.39 is 0 Å². The van der Waals surface area contributed by atoms with Crippen molar-refractivity contribution in [3.8, 4) is 0 Å². The predicted molar refractivity (Wildman–Crippen MR) is 65.9 cm³/mol. The SMILES string of the molecule is C1CC2OC2CCC1CC1CCC2OC2CC1. The summed E-state index contributed by atoms with van der Waals surface area (Å²) in [6.07, 6.45) is 15.2. The Balaban J connectivity index is 1.28. The van der Waals surface area contributed by atoms with Crippen LogP contribution < -0.4 is 0 Å². The molecule has 2 saturated heterocycles. The molecule has 4 atom stereocenters. The first-order valence-corrected chi connectivity index (χ1v) is 7.69. The maximum Gasteiger partial charge on any atom is 0.0842 e. The Labute approximate surface area is 104 Å². The summed E-state index contributed by atoms with van der Waals surface area (Å²) >= 11 is 0. The Morgan fingerprint density at radius 3 is 1.24 bits per heavy atom. The van der Waals surface area contributed by atoms with Gasteiger partial charge in [-0.05, 0) is 69.6 Å². The quantitative estimate of drug-likeness (QED) is 0.687. The number of rotatable bonds is 2. The maximum absolute atomic E-state index is 5.62. The molecule has 4 aliphatic rings. The summed E-state index contributed by atoms with van der Waals surface area (Å²) in [6.45, 7) is 0. The van der Waals surface area contributed by atoms with Gasteiger partial charge in [0.15, 0.2) is 0 Å². The van der Waals surface area contributed by atoms with Crippen molar-refractivity contribution < 1.29 is 9.47 Å². The fraction of sp³-hybridized carbons (Fsp3) is 1.00. The van der Waals surface area contributed by atoms with E-state index >= 15 is 0 Å². The van der Waals surface area contributed by atoms with Crippen LogP contribution in [0.5, 0.6) is 0 Å². The average Bonchev–Trinajstić information content (AvgIpc) is 3.14. The van der Waals surface area contributed by atoms with Crippen molar-refractivity contribution in [2.24, 2.45) is 11.8 Å². The van der Waals surface area contributed by atoms with E-state index in [1.54, 1.807) is 0 Å². The summed E-state index contributed by atoms with van der Waals surface area (Å²) in [6, 6.07) is 0. The lowest BCUT2D eigenvalue weighted by atomic mass is 9.85. The summed E-state index contributed by atoms with van der Waals surface area (Å²) in [7, 11) is 0. The molecule has 4 fully saturated rings. The van der Waals surface area contributed by atoms with Gasteiger partial charge in [-0.1, -0.05) is 0 Å². The second kappa shape index (κ2) is 4.24. The molecular formula is C15H24O2. The third-order valence-electron chi connectivity index (χ3n) is 5.48. The van der Waals surface area contributed by atoms with Crippen LogP contribution >= 0.6 is 0 Å². The van der Waals surface area contributed by atoms with Gasteiger partial charge in [-0.15, -0.1) is 0 Å². The molecule has 0 aromatic carbocycles. The molecular weight excluding hydrogens is 212 g/mol. The van der Waals surface area contributed by atoms with E-state index in [1.807, 2.05) is 0 Å². The van der Waals surface area contributed by atoms with E-state index in [2.05, 4.69) is 0 Å². The fourth-order valence-corrected chi connectivity index (χ4v) is 4.21. The lowest BCUT2D eigenvalue weighted by Crippen LogP contribution is -2.10. The summed E-state index contributed by atoms with van der Waals surface area (Å²) < 4.78 is 11.2. The number of fused-ring (bicyclic) bond motifs is 2. The highest BCUT2D eigenvalue weighted by atomic mass is 16.6. The van der Waals surface area contributed by atoms with E-state index in [9.17, 15) is 0 Å². The van der Waals surface area contributed by atoms with Gasteiger partial charge in [0.1, 0.15) is 0 Å². The van der Waals surface area contributed by atoms with Crippen LogP contribution in [0.3, 0.4) is 0 Å². The van der Waals surface area contributed by atoms with Gasteiger partial charge in [-0.3, -0.25) is 0 Å². The van der Waals surface area contributed by atoms with Crippen molar-refractivity contribution in [2.45, 2.75) is 82.2 Å². The van der Waals surface area contributed by atoms with Gasteiger partial charge in [0.25, 0.3) is 0 Å². The first-order chi connectivity index (χ1) is 8.38. The third-order valence-corrected chi connectivity index (χ3v) is 5.48. The number of hydrogen-bond donors (Lipinski definition) is 0. The number of ether oxygens (including phenoxy) is 2. The normalized spacial score (nSPS) is 52.9. The monoisotopic (exact) mass is 236 g/mol. The van der Waals surface area contributed by atoms with Gasteiger partial charge in [-0.25, -0.2) is 0 Å². The van der Waals surface area contributed by atoms with E-state index in [0.29, 0.717) is 24.4 Å². The Morgan fingerprint density at radius 2 is 0.882 bits per heavy atom. The van der Waals surface area contributed by atoms with Crippen molar-refractivity contribution >= 4 is 0 Å². The predicted octanol–water partition coefficient (Wildman–Crippen LogP) is 3.29. The highest BCUT2D eigenvalue weighted by Crippen LogP contribution is 2.43. The topological polar surface area (TPSA) is 25.1 Å². The van der Waals surface area contributed by atoms with Gasteiger partial charge >= 0.3 is 0 Å². The molecule has 2 aliphatic carbocycles. The molecule has 2 aliphatic heterocycles. The summed E-state index contributed by atoms with van der Waals surface area (Å²) in [5.41, 5.74) is 0. The van der Waals surface area contributed by atoms with E-state index in [1.165, 1.54) is 57.8 Å². The molecule has 0 aromatic heterocycles. The first-order valence-electron chi connectivity index (χ1n) is 7.69. The zero-order valence-electron chi connectivity index (χ0n) is 10.6. The summed E-state index contributed by atoms with van der Waals surface area (Å²) in [5.74, 6) is 2.01. The molecule has 0 N–H and O–H groups in total. The minimum Gasteiger partial charge on any atom is -0.370 e. The van der Waals surface area contributed by atoms with Crippen molar-refractivity contribution in [2.75, 3.05) is 0 Å². The second-order valence-electron chi connectivity index (χ2n) is 6.70. The van der Waals surface area contributed by atoms with Gasteiger partial charge < -0.3 is 9.47 Å². The van der Waals surface area contributed by atoms with Crippen LogP contribution in [0.2, 0.25) is 0 Å². The largest absolute Gasteiger partial charge is 0.370 e. The fourth-order valence-electron chi connectivity index (χ4n) is 4.21. The molecule has 0 radical (unpaired) electrons. The number of hydrogen-bond acceptors (Lipinski definition) is 2. The van der Waals surface area contributed by atoms with Crippen molar-refractivity contribution in [1.82, 2.24) is 0 Å². The van der Waals surface area contributed by atoms with Gasteiger partial charge in [0, 0.05) is 0 Å². The van der Waals surface area contributed by atoms with Crippen LogP contribution in [0.1, 0.15) is 57.8 Å². The molecule has 17 heavy (non-hydrogen) atoms. The maximum atomic E-state index is 5.62. The van der Waals surface area contributed by atoms with Crippen molar-refractivity contribution in [3.05, 3.63) is 0 Å². The smallest absolute Gasteiger partial charge is 0.0842 e. The van der Waals surface area contributed by atoms with E-state index in [0.717, 1.165) is 11.8 Å². The molecule has 96 valence electrons. The average molecular weight is 236 g/mol. The minimum atomic E-state index is 0.662. The van der Waals surface area contributed by atoms with Gasteiger partial charge in [-0.2, -0.15) is 0 Å². The molecule has 2 nitrogen and oxygen atoms in total. The van der Waals surface area contributed by atoms with E-state index in [4.69, 9.17) is 9.47 Å². The Hall–Kier alpha value is -0.0800. The second-order valence-corrected chi connectivity index (χ2v) is 6.70. The van der Waals surface area contributed by atoms with Crippen molar-refractivity contribution in [1.29, 1.82) is 0 Å². The molecule has 4 rings (SSSR count). The van der Waals surface area contributed by atoms with Gasteiger partial charge in [0.05, 0.1) is 24.4 Å². The van der Waals surface area contributed by atoms with Crippen LogP contribution in [0.15, 0.2) is 0 Å². The molecule has 0 bridgehead atoms. The van der Waals surface area contributed by atoms with Crippen LogP contribution in [-0.2, 0) is 9.47 Å². The third kappa shape index (κ3) is 2.39. The Morgan fingerprint density at radius 1 is 0.529 bits per heavy atom. The van der Waals surface area contributed by atoms with Crippen LogP contribution in [0.4, 0.5) is 0 Å². The minimum absolute atomic E-state index is 0.662. The molecule has 0 spiro atoms. The highest BCUT2D eigenvalue weighted by molar-refractivity contribution is 4.91. The zero-order chi connectivity index (χ0) is 11.2. The molecule has 2 heterocycles. The molecule has 0 amide bonds.